The van der Waals surface area contributed by atoms with Gasteiger partial charge in [0.15, 0.2) is 0 Å². The van der Waals surface area contributed by atoms with E-state index in [0.29, 0.717) is 10.6 Å². The molecule has 1 saturated heterocycles. The molecule has 5 nitrogen and oxygen atoms in total. The molecule has 1 aliphatic heterocycles. The first-order valence-electron chi connectivity index (χ1n) is 10.3. The van der Waals surface area contributed by atoms with Gasteiger partial charge in [-0.3, -0.25) is 0 Å². The van der Waals surface area contributed by atoms with E-state index in [2.05, 4.69) is 38.1 Å². The molecule has 1 heterocycles. The zero-order valence-corrected chi connectivity index (χ0v) is 18.2. The Morgan fingerprint density at radius 3 is 2.13 bits per heavy atom. The van der Waals surface area contributed by atoms with Gasteiger partial charge in [-0.15, -0.1) is 0 Å². The zero-order chi connectivity index (χ0) is 22.3. The highest BCUT2D eigenvalue weighted by Crippen LogP contribution is 2.42. The Kier molecular flexibility index (Phi) is 6.10. The number of benzene rings is 1. The molecule has 31 heavy (non-hydrogen) atoms. The van der Waals surface area contributed by atoms with Crippen molar-refractivity contribution in [2.45, 2.75) is 49.8 Å². The van der Waals surface area contributed by atoms with Gasteiger partial charge in [0.25, 0.3) is 0 Å². The van der Waals surface area contributed by atoms with E-state index >= 15 is 0 Å². The third-order valence-electron chi connectivity index (χ3n) is 6.34. The summed E-state index contributed by atoms with van der Waals surface area (Å²) in [5.41, 5.74) is 4.39. The predicted octanol–water partition coefficient (Wildman–Crippen LogP) is 3.29. The number of hydrogen-bond acceptors (Lipinski definition) is 5. The molecule has 0 amide bonds. The number of fused-ring (bicyclic) bond motifs is 1. The van der Waals surface area contributed by atoms with Crippen LogP contribution in [0.3, 0.4) is 0 Å². The standard InChI is InChI=1S/C25H27ClO5/c1-25(2,17-10-14-6-4-3-5-7-15(14)11-17)18-12-16(8-9-19(18)26)24-23(30)22(29)21(28)20(13-27)31-24/h3-12,20-24,27-30H,13H2,1-2H3. The summed E-state index contributed by atoms with van der Waals surface area (Å²) in [4.78, 5) is 0. The minimum absolute atomic E-state index is 0.446. The number of hydrogen-bond donors (Lipinski definition) is 4. The van der Waals surface area contributed by atoms with Crippen molar-refractivity contribution in [1.82, 2.24) is 0 Å². The third kappa shape index (κ3) is 3.98. The molecular weight excluding hydrogens is 416 g/mol. The van der Waals surface area contributed by atoms with E-state index < -0.39 is 42.5 Å². The van der Waals surface area contributed by atoms with E-state index in [1.54, 1.807) is 12.1 Å². The number of halogens is 1. The highest BCUT2D eigenvalue weighted by atomic mass is 35.5. The van der Waals surface area contributed by atoms with Crippen LogP contribution in [0.1, 0.15) is 36.6 Å². The molecule has 2 aliphatic carbocycles. The fourth-order valence-corrected chi connectivity index (χ4v) is 4.66. The predicted molar refractivity (Wildman–Crippen MR) is 119 cm³/mol. The van der Waals surface area contributed by atoms with Crippen LogP contribution in [0.4, 0.5) is 0 Å². The van der Waals surface area contributed by atoms with E-state index in [4.69, 9.17) is 16.3 Å². The van der Waals surface area contributed by atoms with Gasteiger partial charge in [0.05, 0.1) is 6.61 Å². The second-order valence-corrected chi connectivity index (χ2v) is 9.09. The van der Waals surface area contributed by atoms with Crippen molar-refractivity contribution in [3.05, 3.63) is 82.4 Å². The van der Waals surface area contributed by atoms with E-state index in [1.165, 1.54) is 0 Å². The van der Waals surface area contributed by atoms with Crippen LogP contribution in [0.25, 0.3) is 11.1 Å². The minimum atomic E-state index is -1.43. The molecule has 0 bridgehead atoms. The van der Waals surface area contributed by atoms with Crippen molar-refractivity contribution in [1.29, 1.82) is 0 Å². The first kappa shape index (κ1) is 22.2. The van der Waals surface area contributed by atoms with E-state index in [-0.39, 0.29) is 0 Å². The van der Waals surface area contributed by atoms with Crippen molar-refractivity contribution in [3.63, 3.8) is 0 Å². The first-order chi connectivity index (χ1) is 14.7. The first-order valence-corrected chi connectivity index (χ1v) is 10.7. The summed E-state index contributed by atoms with van der Waals surface area (Å²) in [7, 11) is 0. The molecule has 4 rings (SSSR count). The lowest BCUT2D eigenvalue weighted by atomic mass is 9.78. The fraction of sp³-hybridized carbons (Fsp3) is 0.360. The van der Waals surface area contributed by atoms with Gasteiger partial charge in [-0.25, -0.2) is 0 Å². The Bertz CT molecular complexity index is 1000. The number of rotatable bonds is 4. The molecule has 0 saturated carbocycles. The summed E-state index contributed by atoms with van der Waals surface area (Å²) in [5.74, 6) is 0. The van der Waals surface area contributed by atoms with Crippen LogP contribution in [-0.2, 0) is 10.2 Å². The molecule has 0 aromatic heterocycles. The second kappa shape index (κ2) is 8.51. The lowest BCUT2D eigenvalue weighted by Gasteiger charge is -2.40. The summed E-state index contributed by atoms with van der Waals surface area (Å²) in [6, 6.07) is 19.8. The maximum atomic E-state index is 10.5. The lowest BCUT2D eigenvalue weighted by Crippen LogP contribution is -2.55. The Hall–Kier alpha value is -1.99. The molecule has 0 radical (unpaired) electrons. The summed E-state index contributed by atoms with van der Waals surface area (Å²) < 4.78 is 5.74. The Labute approximate surface area is 186 Å². The van der Waals surface area contributed by atoms with Gasteiger partial charge in [-0.2, -0.15) is 0 Å². The zero-order valence-electron chi connectivity index (χ0n) is 17.4. The molecule has 3 aliphatic rings. The highest BCUT2D eigenvalue weighted by Gasteiger charge is 2.44. The van der Waals surface area contributed by atoms with Crippen molar-refractivity contribution in [2.24, 2.45) is 0 Å². The van der Waals surface area contributed by atoms with Crippen molar-refractivity contribution in [3.8, 4) is 11.1 Å². The van der Waals surface area contributed by atoms with Crippen LogP contribution in [0.15, 0.2) is 60.7 Å². The molecular formula is C25H27ClO5. The van der Waals surface area contributed by atoms with Gasteiger partial charge in [0, 0.05) is 10.4 Å². The van der Waals surface area contributed by atoms with E-state index in [1.807, 2.05) is 24.3 Å². The van der Waals surface area contributed by atoms with Gasteiger partial charge < -0.3 is 25.2 Å². The van der Waals surface area contributed by atoms with Gasteiger partial charge in [0.2, 0.25) is 0 Å². The summed E-state index contributed by atoms with van der Waals surface area (Å²) in [5, 5.41) is 40.8. The van der Waals surface area contributed by atoms with Gasteiger partial charge in [-0.1, -0.05) is 80.0 Å². The van der Waals surface area contributed by atoms with E-state index in [0.717, 1.165) is 22.3 Å². The molecule has 0 spiro atoms. The molecule has 5 unspecified atom stereocenters. The average molecular weight is 443 g/mol. The summed E-state index contributed by atoms with van der Waals surface area (Å²) in [6.45, 7) is 3.70. The normalized spacial score (nSPS) is 26.9. The van der Waals surface area contributed by atoms with Crippen LogP contribution in [0, 0.1) is 0 Å². The maximum absolute atomic E-state index is 10.5. The average Bonchev–Trinajstić information content (AvgIpc) is 3.04. The van der Waals surface area contributed by atoms with Crippen LogP contribution in [-0.4, -0.2) is 51.4 Å². The lowest BCUT2D eigenvalue weighted by molar-refractivity contribution is -0.231. The molecule has 5 atom stereocenters. The topological polar surface area (TPSA) is 90.2 Å². The summed E-state index contributed by atoms with van der Waals surface area (Å²) in [6.07, 6.45) is -6.02. The van der Waals surface area contributed by atoms with Gasteiger partial charge in [0.1, 0.15) is 30.5 Å². The quantitative estimate of drug-likeness (QED) is 0.498. The van der Waals surface area contributed by atoms with Crippen molar-refractivity contribution in [2.75, 3.05) is 6.61 Å². The fourth-order valence-electron chi connectivity index (χ4n) is 4.31. The molecule has 1 fully saturated rings. The monoisotopic (exact) mass is 442 g/mol. The van der Waals surface area contributed by atoms with Crippen LogP contribution < -0.4 is 0 Å². The summed E-state index contributed by atoms with van der Waals surface area (Å²) >= 11 is 6.60. The number of ether oxygens (including phenoxy) is 1. The minimum Gasteiger partial charge on any atom is -0.394 e. The molecule has 164 valence electrons. The largest absolute Gasteiger partial charge is 0.394 e. The molecule has 4 N–H and O–H groups in total. The smallest absolute Gasteiger partial charge is 0.113 e. The Morgan fingerprint density at radius 2 is 1.52 bits per heavy atom. The third-order valence-corrected chi connectivity index (χ3v) is 6.66. The molecule has 1 aromatic rings. The van der Waals surface area contributed by atoms with Crippen LogP contribution in [0.2, 0.25) is 5.02 Å². The maximum Gasteiger partial charge on any atom is 0.113 e. The van der Waals surface area contributed by atoms with Crippen molar-refractivity contribution < 1.29 is 25.2 Å². The van der Waals surface area contributed by atoms with Crippen molar-refractivity contribution >= 4 is 11.6 Å². The number of aliphatic hydroxyl groups is 4. The van der Waals surface area contributed by atoms with E-state index in [9.17, 15) is 20.4 Å². The van der Waals surface area contributed by atoms with Gasteiger partial charge >= 0.3 is 0 Å². The number of aliphatic hydroxyl groups excluding tert-OH is 4. The SMILES string of the molecule is CC(C)(c1cc2cccccc-2c1)c1cc(C2OC(CO)C(O)C(O)C2O)ccc1Cl. The molecule has 6 heteroatoms. The van der Waals surface area contributed by atoms with Gasteiger partial charge in [-0.05, 0) is 33.9 Å². The second-order valence-electron chi connectivity index (χ2n) is 8.68. The van der Waals surface area contributed by atoms with Crippen LogP contribution in [0.5, 0.6) is 0 Å². The Morgan fingerprint density at radius 1 is 0.871 bits per heavy atom. The molecule has 1 aromatic carbocycles. The Balaban J connectivity index is 1.74. The highest BCUT2D eigenvalue weighted by molar-refractivity contribution is 6.31. The van der Waals surface area contributed by atoms with Crippen LogP contribution >= 0.6 is 11.6 Å².